The van der Waals surface area contributed by atoms with Gasteiger partial charge in [-0.1, -0.05) is 58.5 Å². The van der Waals surface area contributed by atoms with E-state index in [-0.39, 0.29) is 16.4 Å². The minimum Gasteiger partial charge on any atom is -0.478 e. The molecule has 3 nitrogen and oxygen atoms in total. The number of hydrogen-bond acceptors (Lipinski definition) is 2. The average molecular weight is 366 g/mol. The summed E-state index contributed by atoms with van der Waals surface area (Å²) in [5.74, 6) is -1.02. The summed E-state index contributed by atoms with van der Waals surface area (Å²) in [5, 5.41) is 9.04. The Kier molecular flexibility index (Phi) is 5.84. The molecular weight excluding hydrogens is 334 g/mol. The monoisotopic (exact) mass is 365 g/mol. The van der Waals surface area contributed by atoms with Crippen molar-refractivity contribution in [2.75, 3.05) is 0 Å². The third-order valence-corrected chi connectivity index (χ3v) is 5.62. The predicted octanol–water partition coefficient (Wildman–Crippen LogP) is 5.48. The molecule has 0 radical (unpaired) electrons. The molecule has 0 fully saturated rings. The van der Waals surface area contributed by atoms with Gasteiger partial charge < -0.3 is 10.8 Å². The van der Waals surface area contributed by atoms with Gasteiger partial charge >= 0.3 is 5.97 Å². The van der Waals surface area contributed by atoms with Gasteiger partial charge in [0.15, 0.2) is 0 Å². The van der Waals surface area contributed by atoms with Crippen molar-refractivity contribution in [3.63, 3.8) is 0 Å². The molecule has 3 N–H and O–H groups in total. The van der Waals surface area contributed by atoms with Crippen molar-refractivity contribution >= 4 is 12.0 Å². The Morgan fingerprint density at radius 2 is 1.70 bits per heavy atom. The molecule has 2 rings (SSSR count). The summed E-state index contributed by atoms with van der Waals surface area (Å²) in [6.45, 7) is 14.7. The molecule has 0 unspecified atom stereocenters. The van der Waals surface area contributed by atoms with Crippen LogP contribution in [-0.2, 0) is 15.6 Å². The molecule has 0 spiro atoms. The minimum atomic E-state index is -1.02. The lowest BCUT2D eigenvalue weighted by molar-refractivity contribution is -0.132. The van der Waals surface area contributed by atoms with Crippen LogP contribution >= 0.6 is 0 Å². The first-order chi connectivity index (χ1) is 12.5. The first-order valence-electron chi connectivity index (χ1n) is 9.35. The van der Waals surface area contributed by atoms with Gasteiger partial charge in [0.05, 0.1) is 5.57 Å². The lowest BCUT2D eigenvalue weighted by atomic mass is 9.63. The molecule has 0 saturated heterocycles. The highest BCUT2D eigenvalue weighted by Gasteiger charge is 2.36. The van der Waals surface area contributed by atoms with Crippen molar-refractivity contribution < 1.29 is 9.90 Å². The number of rotatable bonds is 5. The summed E-state index contributed by atoms with van der Waals surface area (Å²) in [7, 11) is 0. The number of allylic oxidation sites excluding steroid dienone is 3. The van der Waals surface area contributed by atoms with E-state index in [1.807, 2.05) is 13.0 Å². The molecule has 0 saturated carbocycles. The van der Waals surface area contributed by atoms with Gasteiger partial charge in [0.2, 0.25) is 0 Å². The van der Waals surface area contributed by atoms with Gasteiger partial charge in [0.1, 0.15) is 0 Å². The highest BCUT2D eigenvalue weighted by atomic mass is 16.4. The zero-order valence-corrected chi connectivity index (χ0v) is 17.1. The van der Waals surface area contributed by atoms with Crippen molar-refractivity contribution in [2.24, 2.45) is 5.73 Å². The van der Waals surface area contributed by atoms with Crippen molar-refractivity contribution in [3.05, 3.63) is 76.5 Å². The number of carboxylic acids is 1. The third-order valence-electron chi connectivity index (χ3n) is 5.62. The molecule has 1 aliphatic carbocycles. The zero-order valence-electron chi connectivity index (χ0n) is 17.1. The Morgan fingerprint density at radius 3 is 2.26 bits per heavy atom. The third kappa shape index (κ3) is 4.60. The van der Waals surface area contributed by atoms with E-state index in [0.717, 1.165) is 11.1 Å². The molecule has 3 heteroatoms. The number of hydrogen-bond donors (Lipinski definition) is 2. The second-order valence-electron chi connectivity index (χ2n) is 8.65. The maximum atomic E-state index is 11.0. The van der Waals surface area contributed by atoms with Crippen LogP contribution in [0.4, 0.5) is 0 Å². The van der Waals surface area contributed by atoms with E-state index in [4.69, 9.17) is 10.8 Å². The number of aliphatic carboxylic acids is 1. The highest BCUT2D eigenvalue weighted by molar-refractivity contribution is 5.90. The minimum absolute atomic E-state index is 0.114. The molecule has 1 aromatic rings. The van der Waals surface area contributed by atoms with Crippen LogP contribution < -0.4 is 5.73 Å². The van der Waals surface area contributed by atoms with Crippen LogP contribution in [0.15, 0.2) is 59.8 Å². The van der Waals surface area contributed by atoms with Crippen LogP contribution in [0, 0.1) is 0 Å². The molecule has 27 heavy (non-hydrogen) atoms. The van der Waals surface area contributed by atoms with Gasteiger partial charge in [-0.2, -0.15) is 0 Å². The van der Waals surface area contributed by atoms with Crippen molar-refractivity contribution in [1.82, 2.24) is 0 Å². The zero-order chi connectivity index (χ0) is 20.4. The summed E-state index contributed by atoms with van der Waals surface area (Å²) in [6, 6.07) is 6.66. The molecule has 144 valence electrons. The molecule has 0 bridgehead atoms. The summed E-state index contributed by atoms with van der Waals surface area (Å²) in [6.07, 6.45) is 8.80. The van der Waals surface area contributed by atoms with E-state index < -0.39 is 5.97 Å². The van der Waals surface area contributed by atoms with Crippen LogP contribution in [0.3, 0.4) is 0 Å². The summed E-state index contributed by atoms with van der Waals surface area (Å²) in [5.41, 5.74) is 12.0. The summed E-state index contributed by atoms with van der Waals surface area (Å²) in [4.78, 5) is 11.0. The van der Waals surface area contributed by atoms with Gasteiger partial charge in [-0.3, -0.25) is 0 Å². The average Bonchev–Trinajstić information content (AvgIpc) is 2.59. The smallest absolute Gasteiger partial charge is 0.335 e. The molecule has 0 atom stereocenters. The Hall–Kier alpha value is -2.55. The first-order valence-corrected chi connectivity index (χ1v) is 9.35. The second kappa shape index (κ2) is 7.59. The van der Waals surface area contributed by atoms with Gasteiger partial charge in [-0.25, -0.2) is 4.79 Å². The van der Waals surface area contributed by atoms with E-state index in [9.17, 15) is 4.79 Å². The van der Waals surface area contributed by atoms with E-state index in [1.165, 1.54) is 36.1 Å². The topological polar surface area (TPSA) is 63.3 Å². The number of carboxylic acid groups (broad SMARTS) is 1. The predicted molar refractivity (Wildman–Crippen MR) is 114 cm³/mol. The normalized spacial score (nSPS) is 19.4. The number of carbonyl (C=O) groups is 1. The van der Waals surface area contributed by atoms with Gasteiger partial charge in [-0.15, -0.1) is 0 Å². The summed E-state index contributed by atoms with van der Waals surface area (Å²) < 4.78 is 0. The molecule has 1 aromatic carbocycles. The molecule has 1 aliphatic rings. The molecule has 0 amide bonds. The lowest BCUT2D eigenvalue weighted by Crippen LogP contribution is -2.33. The molecular formula is C24H31NO2. The fourth-order valence-corrected chi connectivity index (χ4v) is 3.57. The SMILES string of the molecule is C=C\C(=C/C=C(N)/C(C)=C\c1ccc2c(c1)C(C)(C)CCC2(C)C)C(=O)O. The van der Waals surface area contributed by atoms with Crippen LogP contribution in [0.1, 0.15) is 64.2 Å². The van der Waals surface area contributed by atoms with Crippen molar-refractivity contribution in [2.45, 2.75) is 58.3 Å². The maximum absolute atomic E-state index is 11.0. The van der Waals surface area contributed by atoms with Crippen LogP contribution in [0.5, 0.6) is 0 Å². The fraction of sp³-hybridized carbons (Fsp3) is 0.375. The Balaban J connectivity index is 2.39. The molecule has 0 aromatic heterocycles. The highest BCUT2D eigenvalue weighted by Crippen LogP contribution is 2.46. The first kappa shape index (κ1) is 20.8. The van der Waals surface area contributed by atoms with E-state index in [2.05, 4.69) is 52.5 Å². The van der Waals surface area contributed by atoms with Gasteiger partial charge in [0, 0.05) is 5.70 Å². The molecule has 0 aliphatic heterocycles. The van der Waals surface area contributed by atoms with Crippen LogP contribution in [-0.4, -0.2) is 11.1 Å². The number of nitrogens with two attached hydrogens (primary N) is 1. The van der Waals surface area contributed by atoms with E-state index >= 15 is 0 Å². The number of benzene rings is 1. The fourth-order valence-electron chi connectivity index (χ4n) is 3.57. The largest absolute Gasteiger partial charge is 0.478 e. The second-order valence-corrected chi connectivity index (χ2v) is 8.65. The van der Waals surface area contributed by atoms with Crippen LogP contribution in [0.2, 0.25) is 0 Å². The Labute approximate surface area is 163 Å². The van der Waals surface area contributed by atoms with Crippen molar-refractivity contribution in [3.8, 4) is 0 Å². The van der Waals surface area contributed by atoms with Gasteiger partial charge in [-0.05, 0) is 71.1 Å². The number of fused-ring (bicyclic) bond motifs is 1. The van der Waals surface area contributed by atoms with E-state index in [1.54, 1.807) is 6.08 Å². The maximum Gasteiger partial charge on any atom is 0.335 e. The van der Waals surface area contributed by atoms with Crippen LogP contribution in [0.25, 0.3) is 6.08 Å². The van der Waals surface area contributed by atoms with Gasteiger partial charge in [0.25, 0.3) is 0 Å². The van der Waals surface area contributed by atoms with E-state index in [0.29, 0.717) is 5.70 Å². The Morgan fingerprint density at radius 1 is 1.11 bits per heavy atom. The molecule has 0 heterocycles. The Bertz CT molecular complexity index is 851. The summed E-state index contributed by atoms with van der Waals surface area (Å²) >= 11 is 0. The van der Waals surface area contributed by atoms with Crippen molar-refractivity contribution in [1.29, 1.82) is 0 Å². The quantitative estimate of drug-likeness (QED) is 0.536. The lowest BCUT2D eigenvalue weighted by Gasteiger charge is -2.42. The standard InChI is InChI=1S/C24H31NO2/c1-7-18(22(26)27)9-11-21(25)16(2)14-17-8-10-19-20(15-17)24(5,6)13-12-23(19,3)4/h7-11,14-15H,1,12-13,25H2,2-6H3,(H,26,27)/b16-14-,18-9+,21-11-.